The predicted octanol–water partition coefficient (Wildman–Crippen LogP) is 6.34. The van der Waals surface area contributed by atoms with Crippen LogP contribution in [-0.2, 0) is 11.3 Å². The maximum Gasteiger partial charge on any atom is 0.258 e. The molecule has 38 heavy (non-hydrogen) atoms. The molecule has 0 aliphatic carbocycles. The van der Waals surface area contributed by atoms with Gasteiger partial charge in [0.2, 0.25) is 0 Å². The van der Waals surface area contributed by atoms with Crippen molar-refractivity contribution in [3.63, 3.8) is 0 Å². The van der Waals surface area contributed by atoms with Crippen LogP contribution in [0.1, 0.15) is 42.6 Å². The van der Waals surface area contributed by atoms with E-state index in [4.69, 9.17) is 17.0 Å². The van der Waals surface area contributed by atoms with Crippen molar-refractivity contribution >= 4 is 36.0 Å². The zero-order chi connectivity index (χ0) is 28.9. The molecule has 0 saturated carbocycles. The fourth-order valence-corrected chi connectivity index (χ4v) is 3.40. The van der Waals surface area contributed by atoms with E-state index in [1.54, 1.807) is 24.3 Å². The summed E-state index contributed by atoms with van der Waals surface area (Å²) in [4.78, 5) is 31.2. The monoisotopic (exact) mass is 547 g/mol. The molecule has 3 rings (SSSR count). The Labute approximate surface area is 228 Å². The predicted molar refractivity (Wildman–Crippen MR) is 152 cm³/mol. The number of rotatable bonds is 8. The number of alkyl halides is 1. The SMILES string of the molecule is C=C/C=C\C(=C\C(=O)Nc1ccc(Cl)cn1)NC(=O)c1ccc(CN2CCCC2)cc1F.C=N.CC.CF. The molecule has 2 aromatic rings. The highest BCUT2D eigenvalue weighted by atomic mass is 35.5. The van der Waals surface area contributed by atoms with Crippen LogP contribution in [0.15, 0.2) is 73.1 Å². The van der Waals surface area contributed by atoms with E-state index in [9.17, 15) is 18.4 Å². The minimum absolute atomic E-state index is 0.104. The number of nitrogens with zero attached hydrogens (tertiary/aromatic N) is 2. The summed E-state index contributed by atoms with van der Waals surface area (Å²) in [5.74, 6) is -1.49. The van der Waals surface area contributed by atoms with E-state index < -0.39 is 17.6 Å². The summed E-state index contributed by atoms with van der Waals surface area (Å²) < 4.78 is 24.1. The molecule has 7 nitrogen and oxygen atoms in total. The average Bonchev–Trinajstić information content (AvgIpc) is 3.45. The molecule has 1 aromatic heterocycles. The number of hydrogen-bond acceptors (Lipinski definition) is 5. The molecule has 0 radical (unpaired) electrons. The number of anilines is 1. The Bertz CT molecular complexity index is 1070. The van der Waals surface area contributed by atoms with E-state index in [1.807, 2.05) is 13.8 Å². The summed E-state index contributed by atoms with van der Waals surface area (Å²) >= 11 is 5.78. The molecule has 1 fully saturated rings. The number of carbonyl (C=O) groups is 2. The number of benzene rings is 1. The van der Waals surface area contributed by atoms with Gasteiger partial charge in [-0.2, -0.15) is 0 Å². The average molecular weight is 548 g/mol. The molecule has 0 atom stereocenters. The van der Waals surface area contributed by atoms with Crippen molar-refractivity contribution in [2.45, 2.75) is 33.2 Å². The van der Waals surface area contributed by atoms with Gasteiger partial charge in [-0.15, -0.1) is 0 Å². The van der Waals surface area contributed by atoms with Gasteiger partial charge in [0.1, 0.15) is 11.6 Å². The topological polar surface area (TPSA) is 98.2 Å². The number of nitrogens with one attached hydrogen (secondary N) is 3. The largest absolute Gasteiger partial charge is 0.322 e. The molecule has 0 spiro atoms. The van der Waals surface area contributed by atoms with Crippen molar-refractivity contribution in [1.29, 1.82) is 5.41 Å². The Morgan fingerprint density at radius 1 is 1.16 bits per heavy atom. The molecular formula is C28H36ClF2N5O2. The van der Waals surface area contributed by atoms with Crippen molar-refractivity contribution < 1.29 is 18.4 Å². The molecule has 1 aliphatic heterocycles. The Morgan fingerprint density at radius 3 is 2.37 bits per heavy atom. The van der Waals surface area contributed by atoms with Gasteiger partial charge < -0.3 is 16.0 Å². The van der Waals surface area contributed by atoms with Crippen LogP contribution in [0.5, 0.6) is 0 Å². The fraction of sp³-hybridized carbons (Fsp3) is 0.286. The second kappa shape index (κ2) is 20.4. The van der Waals surface area contributed by atoms with Crippen molar-refractivity contribution in [2.75, 3.05) is 25.6 Å². The molecule has 10 heteroatoms. The molecule has 0 unspecified atom stereocenters. The second-order valence-electron chi connectivity index (χ2n) is 7.30. The molecular weight excluding hydrogens is 512 g/mol. The molecule has 3 N–H and O–H groups in total. The summed E-state index contributed by atoms with van der Waals surface area (Å²) in [5.41, 5.74) is 0.882. The zero-order valence-corrected chi connectivity index (χ0v) is 22.8. The molecule has 2 heterocycles. The minimum atomic E-state index is -0.660. The first-order valence-electron chi connectivity index (χ1n) is 11.9. The van der Waals surface area contributed by atoms with E-state index in [0.717, 1.165) is 31.5 Å². The fourth-order valence-electron chi connectivity index (χ4n) is 3.29. The first-order valence-corrected chi connectivity index (χ1v) is 12.3. The summed E-state index contributed by atoms with van der Waals surface area (Å²) in [6.45, 7) is 12.7. The Hall–Kier alpha value is -3.69. The molecule has 2 amide bonds. The standard InChI is InChI=1S/C24H24ClFN4O2.C2H6.CH3F.CH3N/c1-2-3-6-19(14-23(31)29-22-10-8-18(25)15-27-22)28-24(32)20-9-7-17(13-21(20)26)16-30-11-4-5-12-30;3*1-2/h2-3,6-10,13-15H,1,4-5,11-12,16H2,(H,28,32)(H,27,29,31);1-2H3;1H3;2H,1H2/b6-3-,19-14-;;;. The van der Waals surface area contributed by atoms with E-state index in [1.165, 1.54) is 36.6 Å². The first-order chi connectivity index (χ1) is 18.4. The van der Waals surface area contributed by atoms with Crippen LogP contribution in [-0.4, -0.2) is 48.7 Å². The van der Waals surface area contributed by atoms with Gasteiger partial charge in [-0.05, 0) is 68.6 Å². The zero-order valence-electron chi connectivity index (χ0n) is 22.1. The third kappa shape index (κ3) is 12.5. The number of halogens is 3. The van der Waals surface area contributed by atoms with Crippen LogP contribution in [0, 0.1) is 11.2 Å². The van der Waals surface area contributed by atoms with Gasteiger partial charge in [0.15, 0.2) is 0 Å². The lowest BCUT2D eigenvalue weighted by atomic mass is 10.1. The number of allylic oxidation sites excluding steroid dienone is 3. The normalized spacial score (nSPS) is 12.6. The van der Waals surface area contributed by atoms with Gasteiger partial charge in [0.25, 0.3) is 11.8 Å². The van der Waals surface area contributed by atoms with Crippen molar-refractivity contribution in [2.24, 2.45) is 0 Å². The molecule has 1 aliphatic rings. The van der Waals surface area contributed by atoms with Gasteiger partial charge in [-0.25, -0.2) is 9.37 Å². The number of carbonyl (C=O) groups excluding carboxylic acids is 2. The molecule has 1 aromatic carbocycles. The van der Waals surface area contributed by atoms with Gasteiger partial charge in [-0.1, -0.05) is 50.2 Å². The van der Waals surface area contributed by atoms with Crippen molar-refractivity contribution in [1.82, 2.24) is 15.2 Å². The lowest BCUT2D eigenvalue weighted by Crippen LogP contribution is -2.25. The highest BCUT2D eigenvalue weighted by molar-refractivity contribution is 6.30. The Morgan fingerprint density at radius 2 is 1.82 bits per heavy atom. The van der Waals surface area contributed by atoms with Crippen molar-refractivity contribution in [3.05, 3.63) is 95.1 Å². The molecule has 0 bridgehead atoms. The van der Waals surface area contributed by atoms with Crippen LogP contribution < -0.4 is 10.6 Å². The summed E-state index contributed by atoms with van der Waals surface area (Å²) in [6, 6.07) is 7.73. The van der Waals surface area contributed by atoms with Gasteiger partial charge >= 0.3 is 0 Å². The van der Waals surface area contributed by atoms with Crippen LogP contribution in [0.4, 0.5) is 14.6 Å². The maximum atomic E-state index is 14.6. The highest BCUT2D eigenvalue weighted by Gasteiger charge is 2.16. The van der Waals surface area contributed by atoms with Crippen LogP contribution in [0.2, 0.25) is 5.02 Å². The van der Waals surface area contributed by atoms with Crippen LogP contribution >= 0.6 is 11.6 Å². The molecule has 1 saturated heterocycles. The molecule has 206 valence electrons. The van der Waals surface area contributed by atoms with Gasteiger partial charge in [0, 0.05) is 24.5 Å². The smallest absolute Gasteiger partial charge is 0.258 e. The summed E-state index contributed by atoms with van der Waals surface area (Å²) in [7, 11) is 0.500. The lowest BCUT2D eigenvalue weighted by Gasteiger charge is -2.15. The van der Waals surface area contributed by atoms with Crippen LogP contribution in [0.3, 0.4) is 0 Å². The van der Waals surface area contributed by atoms with E-state index >= 15 is 0 Å². The number of likely N-dealkylation sites (tertiary alicyclic amines) is 1. The second-order valence-corrected chi connectivity index (χ2v) is 7.73. The number of hydrogen-bond donors (Lipinski definition) is 3. The third-order valence-electron chi connectivity index (χ3n) is 4.82. The highest BCUT2D eigenvalue weighted by Crippen LogP contribution is 2.16. The minimum Gasteiger partial charge on any atom is -0.322 e. The van der Waals surface area contributed by atoms with E-state index in [-0.39, 0.29) is 11.3 Å². The number of pyridine rings is 1. The quantitative estimate of drug-likeness (QED) is 0.204. The van der Waals surface area contributed by atoms with E-state index in [2.05, 4.69) is 33.8 Å². The summed E-state index contributed by atoms with van der Waals surface area (Å²) in [5, 5.41) is 11.1. The Kier molecular flexibility index (Phi) is 18.4. The van der Waals surface area contributed by atoms with Gasteiger partial charge in [-0.3, -0.25) is 18.9 Å². The van der Waals surface area contributed by atoms with Crippen molar-refractivity contribution in [3.8, 4) is 0 Å². The van der Waals surface area contributed by atoms with E-state index in [0.29, 0.717) is 24.6 Å². The first kappa shape index (κ1) is 34.3. The third-order valence-corrected chi connectivity index (χ3v) is 5.04. The van der Waals surface area contributed by atoms with Gasteiger partial charge in [0.05, 0.1) is 17.8 Å². The maximum absolute atomic E-state index is 14.6. The Balaban J connectivity index is 0.00000213. The number of amides is 2. The van der Waals surface area contributed by atoms with Crippen LogP contribution in [0.25, 0.3) is 0 Å². The lowest BCUT2D eigenvalue weighted by molar-refractivity contribution is -0.112. The number of aromatic nitrogens is 1. The summed E-state index contributed by atoms with van der Waals surface area (Å²) in [6.07, 6.45) is 9.41.